The summed E-state index contributed by atoms with van der Waals surface area (Å²) >= 11 is 11.9. The number of hydrogen-bond donors (Lipinski definition) is 0. The minimum Gasteiger partial charge on any atom is -0.362 e. The fraction of sp³-hybridized carbons (Fsp3) is 0.154. The van der Waals surface area contributed by atoms with Crippen molar-refractivity contribution in [3.63, 3.8) is 0 Å². The third-order valence-electron chi connectivity index (χ3n) is 2.53. The standard InChI is InChI=1S/C13H12Cl2N4/c1-4-8-5-9(6-16-12(8)19(2)3)11-10(14)7-17-13(15)18-11/h4-7H,1H2,2-3H3. The fourth-order valence-corrected chi connectivity index (χ4v) is 2.01. The molecule has 0 saturated carbocycles. The van der Waals surface area contributed by atoms with Crippen LogP contribution in [0.1, 0.15) is 5.56 Å². The van der Waals surface area contributed by atoms with Crippen LogP contribution in [0, 0.1) is 0 Å². The SMILES string of the molecule is C=Cc1cc(-c2nc(Cl)ncc2Cl)cnc1N(C)C. The van der Waals surface area contributed by atoms with Gasteiger partial charge in [-0.05, 0) is 17.7 Å². The summed E-state index contributed by atoms with van der Waals surface area (Å²) in [5.74, 6) is 0.829. The number of halogens is 2. The van der Waals surface area contributed by atoms with Gasteiger partial charge in [0.25, 0.3) is 0 Å². The summed E-state index contributed by atoms with van der Waals surface area (Å²) in [6.07, 6.45) is 4.91. The predicted octanol–water partition coefficient (Wildman–Crippen LogP) is 3.55. The zero-order valence-electron chi connectivity index (χ0n) is 10.6. The van der Waals surface area contributed by atoms with Crippen LogP contribution >= 0.6 is 23.2 Å². The minimum atomic E-state index is 0.149. The zero-order chi connectivity index (χ0) is 14.0. The minimum absolute atomic E-state index is 0.149. The molecule has 19 heavy (non-hydrogen) atoms. The molecule has 0 unspecified atom stereocenters. The molecule has 2 rings (SSSR count). The van der Waals surface area contributed by atoms with Gasteiger partial charge >= 0.3 is 0 Å². The monoisotopic (exact) mass is 294 g/mol. The van der Waals surface area contributed by atoms with Crippen molar-refractivity contribution >= 4 is 35.1 Å². The van der Waals surface area contributed by atoms with Gasteiger partial charge in [0, 0.05) is 31.4 Å². The Kier molecular flexibility index (Phi) is 4.02. The lowest BCUT2D eigenvalue weighted by atomic mass is 10.1. The molecule has 6 heteroatoms. The Balaban J connectivity index is 2.58. The summed E-state index contributed by atoms with van der Waals surface area (Å²) in [6, 6.07) is 1.92. The van der Waals surface area contributed by atoms with Crippen LogP contribution in [0.3, 0.4) is 0 Å². The normalized spacial score (nSPS) is 10.3. The molecule has 98 valence electrons. The number of rotatable bonds is 3. The molecular formula is C13H12Cl2N4. The van der Waals surface area contributed by atoms with Gasteiger partial charge in [-0.1, -0.05) is 24.3 Å². The second-order valence-corrected chi connectivity index (χ2v) is 4.82. The van der Waals surface area contributed by atoms with E-state index < -0.39 is 0 Å². The first kappa shape index (κ1) is 13.8. The lowest BCUT2D eigenvalue weighted by molar-refractivity contribution is 1.06. The van der Waals surface area contributed by atoms with E-state index in [1.54, 1.807) is 12.3 Å². The largest absolute Gasteiger partial charge is 0.362 e. The molecule has 0 atom stereocenters. The maximum Gasteiger partial charge on any atom is 0.222 e. The zero-order valence-corrected chi connectivity index (χ0v) is 12.1. The van der Waals surface area contributed by atoms with E-state index in [4.69, 9.17) is 23.2 Å². The van der Waals surface area contributed by atoms with Crippen LogP contribution in [-0.2, 0) is 0 Å². The van der Waals surface area contributed by atoms with Crippen molar-refractivity contribution < 1.29 is 0 Å². The molecule has 2 heterocycles. The van der Waals surface area contributed by atoms with Crippen molar-refractivity contribution in [3.8, 4) is 11.3 Å². The van der Waals surface area contributed by atoms with Gasteiger partial charge in [0.1, 0.15) is 5.82 Å². The molecule has 0 aliphatic heterocycles. The highest BCUT2D eigenvalue weighted by atomic mass is 35.5. The molecule has 2 aromatic heterocycles. The lowest BCUT2D eigenvalue weighted by Gasteiger charge is -2.15. The topological polar surface area (TPSA) is 41.9 Å². The number of nitrogens with zero attached hydrogens (tertiary/aromatic N) is 4. The second kappa shape index (κ2) is 5.55. The maximum absolute atomic E-state index is 6.08. The first-order chi connectivity index (χ1) is 9.02. The van der Waals surface area contributed by atoms with Crippen LogP contribution in [-0.4, -0.2) is 29.0 Å². The van der Waals surface area contributed by atoms with E-state index in [1.807, 2.05) is 25.1 Å². The van der Waals surface area contributed by atoms with E-state index in [1.165, 1.54) is 6.20 Å². The van der Waals surface area contributed by atoms with Crippen molar-refractivity contribution in [2.24, 2.45) is 0 Å². The van der Waals surface area contributed by atoms with Gasteiger partial charge in [-0.3, -0.25) is 0 Å². The Morgan fingerprint density at radius 2 is 1.95 bits per heavy atom. The van der Waals surface area contributed by atoms with E-state index in [-0.39, 0.29) is 5.28 Å². The molecular weight excluding hydrogens is 283 g/mol. The summed E-state index contributed by atoms with van der Waals surface area (Å²) < 4.78 is 0. The number of anilines is 1. The van der Waals surface area contributed by atoms with Crippen molar-refractivity contribution in [2.75, 3.05) is 19.0 Å². The second-order valence-electron chi connectivity index (χ2n) is 4.07. The Morgan fingerprint density at radius 1 is 1.21 bits per heavy atom. The lowest BCUT2D eigenvalue weighted by Crippen LogP contribution is -2.12. The molecule has 0 radical (unpaired) electrons. The highest BCUT2D eigenvalue weighted by molar-refractivity contribution is 6.33. The van der Waals surface area contributed by atoms with Gasteiger partial charge < -0.3 is 4.90 Å². The quantitative estimate of drug-likeness (QED) is 0.812. The maximum atomic E-state index is 6.08. The van der Waals surface area contributed by atoms with Crippen molar-refractivity contribution in [3.05, 3.63) is 40.9 Å². The molecule has 0 aromatic carbocycles. The van der Waals surface area contributed by atoms with Gasteiger partial charge in [0.2, 0.25) is 5.28 Å². The number of aromatic nitrogens is 3. The van der Waals surface area contributed by atoms with Crippen LogP contribution in [0.15, 0.2) is 25.0 Å². The molecule has 0 aliphatic carbocycles. The van der Waals surface area contributed by atoms with E-state index in [0.717, 1.165) is 16.9 Å². The molecule has 0 aliphatic rings. The first-order valence-electron chi connectivity index (χ1n) is 5.51. The van der Waals surface area contributed by atoms with Gasteiger partial charge in [0.05, 0.1) is 16.9 Å². The summed E-state index contributed by atoms with van der Waals surface area (Å²) in [6.45, 7) is 3.79. The smallest absolute Gasteiger partial charge is 0.222 e. The van der Waals surface area contributed by atoms with E-state index in [0.29, 0.717) is 10.7 Å². The van der Waals surface area contributed by atoms with E-state index >= 15 is 0 Å². The third kappa shape index (κ3) is 2.85. The molecule has 2 aromatic rings. The summed E-state index contributed by atoms with van der Waals surface area (Å²) in [4.78, 5) is 14.3. The average molecular weight is 295 g/mol. The molecule has 4 nitrogen and oxygen atoms in total. The Morgan fingerprint density at radius 3 is 2.58 bits per heavy atom. The molecule has 0 N–H and O–H groups in total. The number of pyridine rings is 1. The van der Waals surface area contributed by atoms with E-state index in [2.05, 4.69) is 21.5 Å². The van der Waals surface area contributed by atoms with Gasteiger partial charge in [0.15, 0.2) is 0 Å². The van der Waals surface area contributed by atoms with Crippen LogP contribution < -0.4 is 4.90 Å². The summed E-state index contributed by atoms with van der Waals surface area (Å²) in [7, 11) is 3.84. The predicted molar refractivity (Wildman–Crippen MR) is 79.7 cm³/mol. The molecule has 0 spiro atoms. The van der Waals surface area contributed by atoms with Gasteiger partial charge in [-0.25, -0.2) is 15.0 Å². The Hall–Kier alpha value is -1.65. The first-order valence-corrected chi connectivity index (χ1v) is 6.26. The molecule has 0 amide bonds. The Bertz CT molecular complexity index is 626. The van der Waals surface area contributed by atoms with Crippen molar-refractivity contribution in [1.29, 1.82) is 0 Å². The van der Waals surface area contributed by atoms with Crippen LogP contribution in [0.4, 0.5) is 5.82 Å². The van der Waals surface area contributed by atoms with Crippen molar-refractivity contribution in [2.45, 2.75) is 0 Å². The van der Waals surface area contributed by atoms with Gasteiger partial charge in [-0.2, -0.15) is 0 Å². The third-order valence-corrected chi connectivity index (χ3v) is 2.99. The molecule has 0 saturated heterocycles. The molecule has 0 bridgehead atoms. The highest BCUT2D eigenvalue weighted by Crippen LogP contribution is 2.29. The van der Waals surface area contributed by atoms with Crippen molar-refractivity contribution in [1.82, 2.24) is 15.0 Å². The van der Waals surface area contributed by atoms with Crippen LogP contribution in [0.25, 0.3) is 17.3 Å². The van der Waals surface area contributed by atoms with Crippen LogP contribution in [0.2, 0.25) is 10.3 Å². The highest BCUT2D eigenvalue weighted by Gasteiger charge is 2.11. The summed E-state index contributed by atoms with van der Waals surface area (Å²) in [5, 5.41) is 0.579. The number of hydrogen-bond acceptors (Lipinski definition) is 4. The van der Waals surface area contributed by atoms with Crippen LogP contribution in [0.5, 0.6) is 0 Å². The molecule has 0 fully saturated rings. The Labute approximate surface area is 121 Å². The average Bonchev–Trinajstić information content (AvgIpc) is 2.40. The summed E-state index contributed by atoms with van der Waals surface area (Å²) in [5.41, 5.74) is 2.23. The fourth-order valence-electron chi connectivity index (χ4n) is 1.68. The van der Waals surface area contributed by atoms with E-state index in [9.17, 15) is 0 Å². The van der Waals surface area contributed by atoms with Gasteiger partial charge in [-0.15, -0.1) is 0 Å².